The van der Waals surface area contributed by atoms with Gasteiger partial charge in [0.25, 0.3) is 0 Å². The van der Waals surface area contributed by atoms with Crippen LogP contribution in [0.15, 0.2) is 35.7 Å². The van der Waals surface area contributed by atoms with E-state index in [4.69, 9.17) is 12.2 Å². The quantitative estimate of drug-likeness (QED) is 0.729. The Balaban J connectivity index is 1.89. The molecule has 0 amide bonds. The lowest BCUT2D eigenvalue weighted by molar-refractivity contribution is 0.512. The zero-order valence-electron chi connectivity index (χ0n) is 13.6. The van der Waals surface area contributed by atoms with Crippen LogP contribution in [0.1, 0.15) is 35.8 Å². The first kappa shape index (κ1) is 17.0. The highest BCUT2D eigenvalue weighted by Crippen LogP contribution is 2.18. The Morgan fingerprint density at radius 3 is 2.55 bits per heavy atom. The molecule has 2 nitrogen and oxygen atoms in total. The van der Waals surface area contributed by atoms with Gasteiger partial charge in [-0.1, -0.05) is 25.5 Å². The molecule has 0 bridgehead atoms. The molecule has 22 heavy (non-hydrogen) atoms. The van der Waals surface area contributed by atoms with Crippen molar-refractivity contribution in [3.05, 3.63) is 51.7 Å². The molecule has 2 rings (SSSR count). The number of thiocarbonyl (C=S) groups is 1. The second kappa shape index (κ2) is 8.30. The Bertz CT molecular complexity index is 602. The van der Waals surface area contributed by atoms with E-state index in [0.29, 0.717) is 0 Å². The van der Waals surface area contributed by atoms with Gasteiger partial charge in [-0.05, 0) is 66.7 Å². The Labute approximate surface area is 143 Å². The number of hydrogen-bond donors (Lipinski definition) is 1. The highest BCUT2D eigenvalue weighted by Gasteiger charge is 2.08. The van der Waals surface area contributed by atoms with Gasteiger partial charge in [0.1, 0.15) is 0 Å². The minimum absolute atomic E-state index is 0.758. The first-order chi connectivity index (χ1) is 10.6. The normalized spacial score (nSPS) is 10.5. The SMILES string of the molecule is CCCCc1ccc(NC(=S)N(C)Cc2sccc2C)cc1. The molecule has 0 fully saturated rings. The summed E-state index contributed by atoms with van der Waals surface area (Å²) in [6, 6.07) is 10.7. The van der Waals surface area contributed by atoms with Gasteiger partial charge in [0, 0.05) is 17.6 Å². The smallest absolute Gasteiger partial charge is 0.173 e. The predicted octanol–water partition coefficient (Wildman–Crippen LogP) is 5.23. The van der Waals surface area contributed by atoms with Crippen LogP contribution in [0.2, 0.25) is 0 Å². The maximum Gasteiger partial charge on any atom is 0.173 e. The van der Waals surface area contributed by atoms with E-state index in [1.807, 2.05) is 7.05 Å². The Morgan fingerprint density at radius 2 is 1.95 bits per heavy atom. The molecule has 0 spiro atoms. The Morgan fingerprint density at radius 1 is 1.23 bits per heavy atom. The third kappa shape index (κ3) is 4.82. The summed E-state index contributed by atoms with van der Waals surface area (Å²) in [6.07, 6.45) is 3.63. The second-order valence-electron chi connectivity index (χ2n) is 5.61. The molecule has 0 atom stereocenters. The third-order valence-electron chi connectivity index (χ3n) is 3.72. The first-order valence-electron chi connectivity index (χ1n) is 7.74. The van der Waals surface area contributed by atoms with Crippen LogP contribution in [0.25, 0.3) is 0 Å². The highest BCUT2D eigenvalue weighted by atomic mass is 32.1. The molecule has 118 valence electrons. The topological polar surface area (TPSA) is 15.3 Å². The minimum atomic E-state index is 0.758. The number of hydrogen-bond acceptors (Lipinski definition) is 2. The lowest BCUT2D eigenvalue weighted by Crippen LogP contribution is -2.30. The van der Waals surface area contributed by atoms with Crippen LogP contribution in [0, 0.1) is 6.92 Å². The van der Waals surface area contributed by atoms with Gasteiger partial charge in [0.2, 0.25) is 0 Å². The summed E-state index contributed by atoms with van der Waals surface area (Å²) in [5.41, 5.74) is 3.78. The number of rotatable bonds is 6. The van der Waals surface area contributed by atoms with Crippen LogP contribution < -0.4 is 5.32 Å². The number of aryl methyl sites for hydroxylation is 2. The lowest BCUT2D eigenvalue weighted by Gasteiger charge is -2.21. The van der Waals surface area contributed by atoms with Crippen molar-refractivity contribution in [1.82, 2.24) is 4.90 Å². The van der Waals surface area contributed by atoms with Crippen molar-refractivity contribution in [3.63, 3.8) is 0 Å². The van der Waals surface area contributed by atoms with Gasteiger partial charge in [-0.15, -0.1) is 11.3 Å². The van der Waals surface area contributed by atoms with Crippen LogP contribution in [0.4, 0.5) is 5.69 Å². The average Bonchev–Trinajstić information content (AvgIpc) is 2.91. The van der Waals surface area contributed by atoms with Crippen LogP contribution in [0.3, 0.4) is 0 Å². The molecule has 1 aromatic heterocycles. The van der Waals surface area contributed by atoms with Crippen molar-refractivity contribution in [2.75, 3.05) is 12.4 Å². The van der Waals surface area contributed by atoms with Gasteiger partial charge in [0.15, 0.2) is 5.11 Å². The molecule has 4 heteroatoms. The van der Waals surface area contributed by atoms with E-state index in [2.05, 4.69) is 59.8 Å². The van der Waals surface area contributed by atoms with Crippen molar-refractivity contribution in [2.45, 2.75) is 39.7 Å². The molecule has 0 aliphatic heterocycles. The van der Waals surface area contributed by atoms with E-state index in [9.17, 15) is 0 Å². The maximum atomic E-state index is 5.50. The zero-order valence-corrected chi connectivity index (χ0v) is 15.2. The summed E-state index contributed by atoms with van der Waals surface area (Å²) in [7, 11) is 2.03. The Kier molecular flexibility index (Phi) is 6.40. The molecule has 1 heterocycles. The van der Waals surface area contributed by atoms with Crippen molar-refractivity contribution in [2.24, 2.45) is 0 Å². The zero-order chi connectivity index (χ0) is 15.9. The summed E-state index contributed by atoms with van der Waals surface area (Å²) in [4.78, 5) is 3.45. The van der Waals surface area contributed by atoms with E-state index in [0.717, 1.165) is 23.8 Å². The monoisotopic (exact) mass is 332 g/mol. The van der Waals surface area contributed by atoms with Crippen molar-refractivity contribution < 1.29 is 0 Å². The van der Waals surface area contributed by atoms with E-state index in [-0.39, 0.29) is 0 Å². The molecule has 0 saturated heterocycles. The van der Waals surface area contributed by atoms with Crippen molar-refractivity contribution >= 4 is 34.4 Å². The van der Waals surface area contributed by atoms with E-state index >= 15 is 0 Å². The minimum Gasteiger partial charge on any atom is -0.347 e. The molecule has 0 radical (unpaired) electrons. The second-order valence-corrected chi connectivity index (χ2v) is 7.00. The molecule has 0 saturated carbocycles. The first-order valence-corrected chi connectivity index (χ1v) is 9.03. The third-order valence-corrected chi connectivity index (χ3v) is 5.14. The summed E-state index contributed by atoms with van der Waals surface area (Å²) >= 11 is 7.28. The number of nitrogens with zero attached hydrogens (tertiary/aromatic N) is 1. The van der Waals surface area contributed by atoms with Gasteiger partial charge in [-0.2, -0.15) is 0 Å². The molecule has 0 aliphatic carbocycles. The van der Waals surface area contributed by atoms with Gasteiger partial charge >= 0.3 is 0 Å². The van der Waals surface area contributed by atoms with Gasteiger partial charge < -0.3 is 10.2 Å². The number of nitrogens with one attached hydrogen (secondary N) is 1. The van der Waals surface area contributed by atoms with E-state index in [1.165, 1.54) is 28.8 Å². The van der Waals surface area contributed by atoms with Gasteiger partial charge in [-0.25, -0.2) is 0 Å². The molecule has 0 unspecified atom stereocenters. The van der Waals surface area contributed by atoms with Crippen molar-refractivity contribution in [1.29, 1.82) is 0 Å². The number of anilines is 1. The number of benzene rings is 1. The maximum absolute atomic E-state index is 5.50. The summed E-state index contributed by atoms with van der Waals surface area (Å²) in [6.45, 7) is 5.22. The van der Waals surface area contributed by atoms with Crippen LogP contribution in [0.5, 0.6) is 0 Å². The molecular weight excluding hydrogens is 308 g/mol. The summed E-state index contributed by atoms with van der Waals surface area (Å²) < 4.78 is 0. The summed E-state index contributed by atoms with van der Waals surface area (Å²) in [5.74, 6) is 0. The molecule has 2 aromatic rings. The fraction of sp³-hybridized carbons (Fsp3) is 0.389. The molecule has 0 aliphatic rings. The van der Waals surface area contributed by atoms with Crippen LogP contribution in [-0.2, 0) is 13.0 Å². The fourth-order valence-electron chi connectivity index (χ4n) is 2.21. The largest absolute Gasteiger partial charge is 0.347 e. The highest BCUT2D eigenvalue weighted by molar-refractivity contribution is 7.80. The van der Waals surface area contributed by atoms with E-state index < -0.39 is 0 Å². The van der Waals surface area contributed by atoms with Gasteiger partial charge in [0.05, 0.1) is 6.54 Å². The Hall–Kier alpha value is -1.39. The standard InChI is InChI=1S/C18H24N2S2/c1-4-5-6-15-7-9-16(10-8-15)19-18(21)20(3)13-17-14(2)11-12-22-17/h7-12H,4-6,13H2,1-3H3,(H,19,21). The number of thiophene rings is 1. The molecule has 1 N–H and O–H groups in total. The molecule has 1 aromatic carbocycles. The predicted molar refractivity (Wildman–Crippen MR) is 102 cm³/mol. The lowest BCUT2D eigenvalue weighted by atomic mass is 10.1. The molecular formula is C18H24N2S2. The van der Waals surface area contributed by atoms with Crippen LogP contribution in [-0.4, -0.2) is 17.1 Å². The average molecular weight is 333 g/mol. The van der Waals surface area contributed by atoms with E-state index in [1.54, 1.807) is 11.3 Å². The van der Waals surface area contributed by atoms with Gasteiger partial charge in [-0.3, -0.25) is 0 Å². The van der Waals surface area contributed by atoms with Crippen LogP contribution >= 0.6 is 23.6 Å². The number of unbranched alkanes of at least 4 members (excludes halogenated alkanes) is 1. The summed E-state index contributed by atoms with van der Waals surface area (Å²) in [5, 5.41) is 6.21. The fourth-order valence-corrected chi connectivity index (χ4v) is 3.35. The van der Waals surface area contributed by atoms with Crippen molar-refractivity contribution in [3.8, 4) is 0 Å².